The maximum absolute atomic E-state index is 12.1. The molecular weight excluding hydrogens is 330 g/mol. The SMILES string of the molecule is COc1ccc(S(N)(=O)=O)cc1C(=O)OC/C=C/c1ccccc1. The van der Waals surface area contributed by atoms with Crippen molar-refractivity contribution in [3.05, 3.63) is 65.7 Å². The van der Waals surface area contributed by atoms with Crippen molar-refractivity contribution in [2.45, 2.75) is 4.90 Å². The van der Waals surface area contributed by atoms with Crippen LogP contribution >= 0.6 is 0 Å². The maximum Gasteiger partial charge on any atom is 0.342 e. The van der Waals surface area contributed by atoms with Crippen LogP contribution < -0.4 is 9.88 Å². The number of carbonyl (C=O) groups excluding carboxylic acids is 1. The first-order chi connectivity index (χ1) is 11.4. The van der Waals surface area contributed by atoms with E-state index in [9.17, 15) is 13.2 Å². The summed E-state index contributed by atoms with van der Waals surface area (Å²) in [6.07, 6.45) is 3.49. The fourth-order valence-electron chi connectivity index (χ4n) is 1.97. The molecule has 0 aliphatic heterocycles. The number of ether oxygens (including phenoxy) is 2. The molecule has 7 heteroatoms. The second-order valence-electron chi connectivity index (χ2n) is 4.82. The summed E-state index contributed by atoms with van der Waals surface area (Å²) < 4.78 is 33.0. The summed E-state index contributed by atoms with van der Waals surface area (Å²) >= 11 is 0. The average molecular weight is 347 g/mol. The van der Waals surface area contributed by atoms with Gasteiger partial charge < -0.3 is 9.47 Å². The minimum absolute atomic E-state index is 0.00265. The zero-order chi connectivity index (χ0) is 17.6. The van der Waals surface area contributed by atoms with Crippen molar-refractivity contribution in [1.82, 2.24) is 0 Å². The first-order valence-corrected chi connectivity index (χ1v) is 8.56. The first-order valence-electron chi connectivity index (χ1n) is 7.01. The van der Waals surface area contributed by atoms with E-state index in [4.69, 9.17) is 14.6 Å². The van der Waals surface area contributed by atoms with Gasteiger partial charge in [-0.2, -0.15) is 0 Å². The molecule has 0 amide bonds. The van der Waals surface area contributed by atoms with Crippen LogP contribution in [0.4, 0.5) is 0 Å². The second-order valence-corrected chi connectivity index (χ2v) is 6.38. The molecular formula is C17H17NO5S. The van der Waals surface area contributed by atoms with E-state index in [0.29, 0.717) is 0 Å². The van der Waals surface area contributed by atoms with E-state index < -0.39 is 16.0 Å². The summed E-state index contributed by atoms with van der Waals surface area (Å²) in [4.78, 5) is 12.0. The molecule has 0 radical (unpaired) electrons. The van der Waals surface area contributed by atoms with Crippen molar-refractivity contribution in [2.75, 3.05) is 13.7 Å². The lowest BCUT2D eigenvalue weighted by atomic mass is 10.2. The summed E-state index contributed by atoms with van der Waals surface area (Å²) in [7, 11) is -2.55. The molecule has 0 spiro atoms. The van der Waals surface area contributed by atoms with Crippen LogP contribution in [0.2, 0.25) is 0 Å². The van der Waals surface area contributed by atoms with E-state index in [2.05, 4.69) is 0 Å². The van der Waals surface area contributed by atoms with Crippen molar-refractivity contribution >= 4 is 22.1 Å². The van der Waals surface area contributed by atoms with Gasteiger partial charge in [0.15, 0.2) is 0 Å². The van der Waals surface area contributed by atoms with Crippen molar-refractivity contribution < 1.29 is 22.7 Å². The number of nitrogens with two attached hydrogens (primary N) is 1. The normalized spacial score (nSPS) is 11.4. The van der Waals surface area contributed by atoms with Gasteiger partial charge in [-0.05, 0) is 29.8 Å². The van der Waals surface area contributed by atoms with Gasteiger partial charge in [0, 0.05) is 0 Å². The number of esters is 1. The molecule has 0 atom stereocenters. The van der Waals surface area contributed by atoms with Crippen molar-refractivity contribution in [3.8, 4) is 5.75 Å². The Morgan fingerprint density at radius 3 is 2.50 bits per heavy atom. The highest BCUT2D eigenvalue weighted by Gasteiger charge is 2.18. The summed E-state index contributed by atoms with van der Waals surface area (Å²) in [5, 5.41) is 5.07. The predicted molar refractivity (Wildman–Crippen MR) is 90.1 cm³/mol. The molecule has 0 saturated heterocycles. The predicted octanol–water partition coefficient (Wildman–Crippen LogP) is 2.21. The van der Waals surface area contributed by atoms with Crippen molar-refractivity contribution in [1.29, 1.82) is 0 Å². The minimum Gasteiger partial charge on any atom is -0.496 e. The van der Waals surface area contributed by atoms with Crippen LogP contribution in [0.25, 0.3) is 6.08 Å². The van der Waals surface area contributed by atoms with Gasteiger partial charge in [-0.15, -0.1) is 0 Å². The molecule has 126 valence electrons. The van der Waals surface area contributed by atoms with E-state index in [1.165, 1.54) is 19.2 Å². The summed E-state index contributed by atoms with van der Waals surface area (Å²) in [6.45, 7) is 0.0382. The van der Waals surface area contributed by atoms with Gasteiger partial charge >= 0.3 is 5.97 Å². The molecule has 0 aliphatic rings. The Labute approximate surface area is 140 Å². The van der Waals surface area contributed by atoms with E-state index in [1.807, 2.05) is 36.4 Å². The molecule has 0 heterocycles. The zero-order valence-electron chi connectivity index (χ0n) is 13.0. The second kappa shape index (κ2) is 7.76. The third-order valence-corrected chi connectivity index (χ3v) is 4.05. The molecule has 6 nitrogen and oxygen atoms in total. The van der Waals surface area contributed by atoms with Crippen LogP contribution in [0, 0.1) is 0 Å². The number of carbonyl (C=O) groups is 1. The van der Waals surface area contributed by atoms with E-state index in [1.54, 1.807) is 6.08 Å². The third kappa shape index (κ3) is 4.68. The Balaban J connectivity index is 2.10. The van der Waals surface area contributed by atoms with Gasteiger partial charge in [-0.1, -0.05) is 36.4 Å². The Kier molecular flexibility index (Phi) is 5.73. The first kappa shape index (κ1) is 17.7. The Morgan fingerprint density at radius 2 is 1.88 bits per heavy atom. The standard InChI is InChI=1S/C17H17NO5S/c1-22-16-10-9-14(24(18,20)21)12-15(16)17(19)23-11-5-8-13-6-3-2-4-7-13/h2-10,12H,11H2,1H3,(H2,18,20,21)/b8-5+. The highest BCUT2D eigenvalue weighted by Crippen LogP contribution is 2.22. The minimum atomic E-state index is -3.92. The number of hydrogen-bond acceptors (Lipinski definition) is 5. The fourth-order valence-corrected chi connectivity index (χ4v) is 2.51. The van der Waals surface area contributed by atoms with Crippen LogP contribution in [-0.2, 0) is 14.8 Å². The molecule has 0 aliphatic carbocycles. The van der Waals surface area contributed by atoms with E-state index in [0.717, 1.165) is 11.6 Å². The van der Waals surface area contributed by atoms with Gasteiger partial charge in [-0.25, -0.2) is 18.4 Å². The quantitative estimate of drug-likeness (QED) is 0.808. The molecule has 0 saturated carbocycles. The number of primary sulfonamides is 1. The van der Waals surface area contributed by atoms with Gasteiger partial charge in [-0.3, -0.25) is 0 Å². The molecule has 0 aromatic heterocycles. The molecule has 0 fully saturated rings. The van der Waals surface area contributed by atoms with Gasteiger partial charge in [0.05, 0.1) is 12.0 Å². The van der Waals surface area contributed by atoms with Crippen LogP contribution in [0.5, 0.6) is 5.75 Å². The average Bonchev–Trinajstić information content (AvgIpc) is 2.58. The van der Waals surface area contributed by atoms with E-state index in [-0.39, 0.29) is 22.8 Å². The van der Waals surface area contributed by atoms with Crippen LogP contribution in [-0.4, -0.2) is 28.1 Å². The van der Waals surface area contributed by atoms with Gasteiger partial charge in [0.1, 0.15) is 17.9 Å². The number of benzene rings is 2. The topological polar surface area (TPSA) is 95.7 Å². The molecule has 0 unspecified atom stereocenters. The fraction of sp³-hybridized carbons (Fsp3) is 0.118. The summed E-state index contributed by atoms with van der Waals surface area (Å²) in [5.74, 6) is -0.491. The molecule has 2 aromatic carbocycles. The largest absolute Gasteiger partial charge is 0.496 e. The highest BCUT2D eigenvalue weighted by molar-refractivity contribution is 7.89. The number of hydrogen-bond donors (Lipinski definition) is 1. The maximum atomic E-state index is 12.1. The molecule has 0 bridgehead atoms. The molecule has 2 rings (SSSR count). The Morgan fingerprint density at radius 1 is 1.17 bits per heavy atom. The van der Waals surface area contributed by atoms with Crippen molar-refractivity contribution in [3.63, 3.8) is 0 Å². The van der Waals surface area contributed by atoms with E-state index >= 15 is 0 Å². The third-order valence-electron chi connectivity index (χ3n) is 3.14. The molecule has 24 heavy (non-hydrogen) atoms. The van der Waals surface area contributed by atoms with Crippen LogP contribution in [0.1, 0.15) is 15.9 Å². The molecule has 2 aromatic rings. The highest BCUT2D eigenvalue weighted by atomic mass is 32.2. The lowest BCUT2D eigenvalue weighted by molar-refractivity contribution is 0.0546. The van der Waals surface area contributed by atoms with Gasteiger partial charge in [0.2, 0.25) is 10.0 Å². The smallest absolute Gasteiger partial charge is 0.342 e. The lowest BCUT2D eigenvalue weighted by Crippen LogP contribution is -2.14. The Bertz CT molecular complexity index is 845. The van der Waals surface area contributed by atoms with Gasteiger partial charge in [0.25, 0.3) is 0 Å². The number of methoxy groups -OCH3 is 1. The van der Waals surface area contributed by atoms with Crippen LogP contribution in [0.3, 0.4) is 0 Å². The molecule has 2 N–H and O–H groups in total. The Hall–Kier alpha value is -2.64. The monoisotopic (exact) mass is 347 g/mol. The van der Waals surface area contributed by atoms with Crippen LogP contribution in [0.15, 0.2) is 59.5 Å². The summed E-state index contributed by atoms with van der Waals surface area (Å²) in [5.41, 5.74) is 0.972. The zero-order valence-corrected chi connectivity index (χ0v) is 13.8. The lowest BCUT2D eigenvalue weighted by Gasteiger charge is -2.09. The summed E-state index contributed by atoms with van der Waals surface area (Å²) in [6, 6.07) is 13.3. The number of sulfonamides is 1. The number of rotatable bonds is 6. The van der Waals surface area contributed by atoms with Crippen molar-refractivity contribution in [2.24, 2.45) is 5.14 Å².